The summed E-state index contributed by atoms with van der Waals surface area (Å²) in [5.74, 6) is -0.703. The van der Waals surface area contributed by atoms with Crippen molar-refractivity contribution in [2.45, 2.75) is 9.92 Å². The van der Waals surface area contributed by atoms with Gasteiger partial charge in [-0.2, -0.15) is 0 Å². The summed E-state index contributed by atoms with van der Waals surface area (Å²) >= 11 is 6.92. The van der Waals surface area contributed by atoms with Crippen molar-refractivity contribution in [1.29, 1.82) is 0 Å². The molecule has 0 unspecified atom stereocenters. The molecule has 9 nitrogen and oxygen atoms in total. The highest BCUT2D eigenvalue weighted by molar-refractivity contribution is 7.99. The number of anilines is 1. The first-order valence-corrected chi connectivity index (χ1v) is 8.64. The molecular formula is C16H11ClN6O3S. The van der Waals surface area contributed by atoms with Crippen LogP contribution in [0.1, 0.15) is 10.5 Å². The van der Waals surface area contributed by atoms with Crippen LogP contribution < -0.4 is 10.9 Å². The van der Waals surface area contributed by atoms with E-state index in [9.17, 15) is 14.9 Å². The summed E-state index contributed by atoms with van der Waals surface area (Å²) in [5, 5.41) is 12.2. The molecule has 11 heteroatoms. The summed E-state index contributed by atoms with van der Waals surface area (Å²) in [6.45, 7) is 0. The highest BCUT2D eigenvalue weighted by atomic mass is 35.5. The van der Waals surface area contributed by atoms with Crippen molar-refractivity contribution in [3.8, 4) is 0 Å². The summed E-state index contributed by atoms with van der Waals surface area (Å²) < 4.78 is 0. The summed E-state index contributed by atoms with van der Waals surface area (Å²) in [6, 6.07) is 11.6. The van der Waals surface area contributed by atoms with E-state index in [-0.39, 0.29) is 22.2 Å². The Morgan fingerprint density at radius 2 is 1.89 bits per heavy atom. The number of aromatic nitrogens is 3. The van der Waals surface area contributed by atoms with Gasteiger partial charge in [0.2, 0.25) is 5.82 Å². The summed E-state index contributed by atoms with van der Waals surface area (Å²) in [6.07, 6.45) is 2.63. The minimum absolute atomic E-state index is 0.118. The minimum atomic E-state index is -0.618. The van der Waals surface area contributed by atoms with Gasteiger partial charge in [-0.25, -0.2) is 9.97 Å². The first kappa shape index (κ1) is 18.5. The zero-order valence-electron chi connectivity index (χ0n) is 13.5. The van der Waals surface area contributed by atoms with Crippen molar-refractivity contribution in [1.82, 2.24) is 20.4 Å². The van der Waals surface area contributed by atoms with Gasteiger partial charge in [-0.3, -0.25) is 30.7 Å². The summed E-state index contributed by atoms with van der Waals surface area (Å²) in [4.78, 5) is 35.4. The Morgan fingerprint density at radius 1 is 1.11 bits per heavy atom. The first-order valence-electron chi connectivity index (χ1n) is 7.45. The number of benzene rings is 1. The number of hydrogen-bond acceptors (Lipinski definition) is 8. The number of hydrogen-bond donors (Lipinski definition) is 2. The highest BCUT2D eigenvalue weighted by Crippen LogP contribution is 2.36. The predicted octanol–water partition coefficient (Wildman–Crippen LogP) is 3.34. The van der Waals surface area contributed by atoms with Crippen LogP contribution in [0.2, 0.25) is 5.02 Å². The van der Waals surface area contributed by atoms with Crippen LogP contribution in [0.5, 0.6) is 0 Å². The SMILES string of the molecule is O=C(NNc1ncnc(Sc2ccc(Cl)cc2)c1[N+](=O)[O-])c1ccccn1. The van der Waals surface area contributed by atoms with E-state index in [1.807, 2.05) is 0 Å². The van der Waals surface area contributed by atoms with Crippen molar-refractivity contribution in [3.05, 3.63) is 75.8 Å². The topological polar surface area (TPSA) is 123 Å². The van der Waals surface area contributed by atoms with Gasteiger partial charge in [0, 0.05) is 16.1 Å². The van der Waals surface area contributed by atoms with E-state index in [0.29, 0.717) is 9.92 Å². The molecule has 3 aromatic rings. The van der Waals surface area contributed by atoms with Crippen molar-refractivity contribution >= 4 is 40.8 Å². The van der Waals surface area contributed by atoms with Crippen LogP contribution in [-0.4, -0.2) is 25.8 Å². The average molecular weight is 403 g/mol. The number of halogens is 1. The van der Waals surface area contributed by atoms with Crippen LogP contribution in [0.4, 0.5) is 11.5 Å². The third kappa shape index (κ3) is 4.68. The van der Waals surface area contributed by atoms with Crippen LogP contribution in [0, 0.1) is 10.1 Å². The largest absolute Gasteiger partial charge is 0.345 e. The van der Waals surface area contributed by atoms with Crippen LogP contribution in [0.25, 0.3) is 0 Å². The number of pyridine rings is 1. The molecule has 0 aliphatic heterocycles. The van der Waals surface area contributed by atoms with Gasteiger partial charge in [-0.1, -0.05) is 29.4 Å². The number of nitrogens with one attached hydrogen (secondary N) is 2. The van der Waals surface area contributed by atoms with E-state index < -0.39 is 10.8 Å². The Balaban J connectivity index is 1.82. The van der Waals surface area contributed by atoms with E-state index in [1.165, 1.54) is 18.6 Å². The van der Waals surface area contributed by atoms with E-state index in [2.05, 4.69) is 25.8 Å². The Labute approximate surface area is 162 Å². The van der Waals surface area contributed by atoms with E-state index >= 15 is 0 Å². The Morgan fingerprint density at radius 3 is 2.56 bits per heavy atom. The van der Waals surface area contributed by atoms with Gasteiger partial charge in [0.15, 0.2) is 5.03 Å². The lowest BCUT2D eigenvalue weighted by atomic mass is 10.3. The molecule has 0 saturated heterocycles. The van der Waals surface area contributed by atoms with Crippen LogP contribution in [0.3, 0.4) is 0 Å². The second-order valence-electron chi connectivity index (χ2n) is 4.98. The van der Waals surface area contributed by atoms with E-state index in [0.717, 1.165) is 11.8 Å². The number of nitrogens with zero attached hydrogens (tertiary/aromatic N) is 4. The molecule has 0 bridgehead atoms. The fourth-order valence-corrected chi connectivity index (χ4v) is 2.97. The molecule has 2 N–H and O–H groups in total. The maximum Gasteiger partial charge on any atom is 0.345 e. The highest BCUT2D eigenvalue weighted by Gasteiger charge is 2.24. The lowest BCUT2D eigenvalue weighted by Crippen LogP contribution is -2.30. The molecule has 2 aromatic heterocycles. The third-order valence-electron chi connectivity index (χ3n) is 3.19. The van der Waals surface area contributed by atoms with Gasteiger partial charge in [0.05, 0.1) is 4.92 Å². The molecule has 1 amide bonds. The smallest absolute Gasteiger partial charge is 0.276 e. The molecule has 0 atom stereocenters. The summed E-state index contributed by atoms with van der Waals surface area (Å²) in [5.41, 5.74) is 4.59. The zero-order chi connectivity index (χ0) is 19.2. The third-order valence-corrected chi connectivity index (χ3v) is 4.44. The summed E-state index contributed by atoms with van der Waals surface area (Å²) in [7, 11) is 0. The normalized spacial score (nSPS) is 10.3. The molecule has 3 rings (SSSR count). The zero-order valence-corrected chi connectivity index (χ0v) is 15.1. The van der Waals surface area contributed by atoms with Gasteiger partial charge >= 0.3 is 5.69 Å². The Hall–Kier alpha value is -3.24. The fourth-order valence-electron chi connectivity index (χ4n) is 1.98. The number of amides is 1. The van der Waals surface area contributed by atoms with E-state index in [4.69, 9.17) is 11.6 Å². The molecule has 0 fully saturated rings. The Kier molecular flexibility index (Phi) is 5.79. The fraction of sp³-hybridized carbons (Fsp3) is 0. The molecule has 27 heavy (non-hydrogen) atoms. The molecule has 0 aliphatic carbocycles. The number of carbonyl (C=O) groups excluding carboxylic acids is 1. The lowest BCUT2D eigenvalue weighted by Gasteiger charge is -2.09. The number of carbonyl (C=O) groups is 1. The first-order chi connectivity index (χ1) is 13.0. The minimum Gasteiger partial charge on any atom is -0.276 e. The second-order valence-corrected chi connectivity index (χ2v) is 6.48. The monoisotopic (exact) mass is 402 g/mol. The van der Waals surface area contributed by atoms with Gasteiger partial charge in [-0.05, 0) is 36.4 Å². The number of rotatable bonds is 6. The molecule has 1 aromatic carbocycles. The standard InChI is InChI=1S/C16H11ClN6O3S/c17-10-4-6-11(7-5-10)27-16-13(23(25)26)14(19-9-20-16)21-22-15(24)12-3-1-2-8-18-12/h1-9H,(H,22,24)(H,19,20,21). The van der Waals surface area contributed by atoms with Crippen molar-refractivity contribution in [2.75, 3.05) is 5.43 Å². The van der Waals surface area contributed by atoms with Crippen LogP contribution in [-0.2, 0) is 0 Å². The molecule has 0 radical (unpaired) electrons. The van der Waals surface area contributed by atoms with Crippen molar-refractivity contribution < 1.29 is 9.72 Å². The maximum atomic E-state index is 12.0. The number of nitro groups is 1. The van der Waals surface area contributed by atoms with Crippen molar-refractivity contribution in [3.63, 3.8) is 0 Å². The van der Waals surface area contributed by atoms with Crippen LogP contribution >= 0.6 is 23.4 Å². The quantitative estimate of drug-likeness (QED) is 0.365. The molecule has 0 saturated carbocycles. The lowest BCUT2D eigenvalue weighted by molar-refractivity contribution is -0.387. The van der Waals surface area contributed by atoms with Crippen LogP contribution in [0.15, 0.2) is 64.9 Å². The molecule has 0 aliphatic rings. The molecule has 136 valence electrons. The molecule has 2 heterocycles. The van der Waals surface area contributed by atoms with Crippen molar-refractivity contribution in [2.24, 2.45) is 0 Å². The predicted molar refractivity (Wildman–Crippen MR) is 99.6 cm³/mol. The Bertz CT molecular complexity index is 972. The molecular weight excluding hydrogens is 392 g/mol. The van der Waals surface area contributed by atoms with Gasteiger partial charge in [-0.15, -0.1) is 0 Å². The number of hydrazine groups is 1. The van der Waals surface area contributed by atoms with E-state index in [1.54, 1.807) is 36.4 Å². The molecule has 0 spiro atoms. The van der Waals surface area contributed by atoms with Gasteiger partial charge < -0.3 is 0 Å². The van der Waals surface area contributed by atoms with Gasteiger partial charge in [0.1, 0.15) is 12.0 Å². The average Bonchev–Trinajstić information content (AvgIpc) is 2.68. The van der Waals surface area contributed by atoms with Gasteiger partial charge in [0.25, 0.3) is 5.91 Å². The maximum absolute atomic E-state index is 12.0. The second kappa shape index (κ2) is 8.43.